The summed E-state index contributed by atoms with van der Waals surface area (Å²) in [5.74, 6) is -0.380. The fourth-order valence-electron chi connectivity index (χ4n) is 4.16. The summed E-state index contributed by atoms with van der Waals surface area (Å²) in [4.78, 5) is 25.7. The van der Waals surface area contributed by atoms with Gasteiger partial charge in [0.25, 0.3) is 0 Å². The highest BCUT2D eigenvalue weighted by Crippen LogP contribution is 2.32. The molecule has 0 radical (unpaired) electrons. The molecule has 1 heterocycles. The molecule has 140 valence electrons. The average Bonchev–Trinajstić information content (AvgIpc) is 3.16. The predicted molar refractivity (Wildman–Crippen MR) is 115 cm³/mol. The van der Waals surface area contributed by atoms with Crippen molar-refractivity contribution in [3.63, 3.8) is 0 Å². The van der Waals surface area contributed by atoms with E-state index in [1.165, 1.54) is 5.56 Å². The number of carbonyl (C=O) groups excluding carboxylic acids is 2. The van der Waals surface area contributed by atoms with Gasteiger partial charge in [-0.25, -0.2) is 0 Å². The second kappa shape index (κ2) is 6.71. The van der Waals surface area contributed by atoms with Crippen molar-refractivity contribution in [2.75, 3.05) is 0 Å². The number of hydrogen-bond donors (Lipinski definition) is 0. The molecular formula is C26H19NO2. The number of rotatable bonds is 3. The van der Waals surface area contributed by atoms with Crippen molar-refractivity contribution in [1.82, 2.24) is 4.57 Å². The fraction of sp³-hybridized carbons (Fsp3) is 0.0769. The van der Waals surface area contributed by atoms with Crippen molar-refractivity contribution in [1.29, 1.82) is 0 Å². The highest BCUT2D eigenvalue weighted by atomic mass is 16.2. The van der Waals surface area contributed by atoms with E-state index in [4.69, 9.17) is 0 Å². The smallest absolute Gasteiger partial charge is 0.197 e. The molecule has 29 heavy (non-hydrogen) atoms. The largest absolute Gasteiger partial charge is 0.340 e. The van der Waals surface area contributed by atoms with Crippen LogP contribution in [0.1, 0.15) is 37.5 Å². The van der Waals surface area contributed by atoms with Gasteiger partial charge in [-0.05, 0) is 24.6 Å². The molecule has 4 aromatic rings. The summed E-state index contributed by atoms with van der Waals surface area (Å²) < 4.78 is 2.24. The van der Waals surface area contributed by atoms with Crippen LogP contribution in [0.3, 0.4) is 0 Å². The van der Waals surface area contributed by atoms with Gasteiger partial charge >= 0.3 is 0 Å². The molecule has 0 N–H and O–H groups in total. The third kappa shape index (κ3) is 2.74. The molecule has 0 bridgehead atoms. The number of nitrogens with zero attached hydrogens (tertiary/aromatic N) is 1. The second-order valence-corrected chi connectivity index (χ2v) is 7.35. The Balaban J connectivity index is 1.67. The lowest BCUT2D eigenvalue weighted by molar-refractivity contribution is 0.0990. The first-order valence-corrected chi connectivity index (χ1v) is 9.67. The molecule has 1 aliphatic rings. The number of Topliss-reactive ketones (excluding diaryl/α,β-unsaturated/α-hetero) is 2. The van der Waals surface area contributed by atoms with Gasteiger partial charge in [-0.15, -0.1) is 0 Å². The quantitative estimate of drug-likeness (QED) is 0.351. The molecule has 0 aliphatic heterocycles. The summed E-state index contributed by atoms with van der Waals surface area (Å²) >= 11 is 0. The Morgan fingerprint density at radius 1 is 0.759 bits per heavy atom. The molecule has 5 rings (SSSR count). The van der Waals surface area contributed by atoms with Crippen molar-refractivity contribution < 1.29 is 9.59 Å². The summed E-state index contributed by atoms with van der Waals surface area (Å²) in [5, 5.41) is 1.05. The van der Waals surface area contributed by atoms with Crippen LogP contribution in [-0.4, -0.2) is 16.1 Å². The summed E-state index contributed by atoms with van der Waals surface area (Å²) in [6.45, 7) is 2.78. The van der Waals surface area contributed by atoms with Crippen LogP contribution in [0.4, 0.5) is 0 Å². The first-order valence-electron chi connectivity index (χ1n) is 9.67. The van der Waals surface area contributed by atoms with Crippen LogP contribution >= 0.6 is 0 Å². The van der Waals surface area contributed by atoms with E-state index >= 15 is 0 Å². The number of para-hydroxylation sites is 1. The zero-order valence-electron chi connectivity index (χ0n) is 16.1. The van der Waals surface area contributed by atoms with E-state index in [0.29, 0.717) is 11.1 Å². The van der Waals surface area contributed by atoms with Crippen LogP contribution in [0.2, 0.25) is 0 Å². The Kier molecular flexibility index (Phi) is 4.02. The standard InChI is InChI=1S/C26H19NO2/c1-17-22(15-23-25(28)20-12-5-6-13-21(20)26(23)29)19-11-7-8-14-24(19)27(17)16-18-9-3-2-4-10-18/h2-15H,16H2,1H3. The number of allylic oxidation sites excluding steroid dienone is 1. The number of benzene rings is 3. The molecule has 0 saturated carbocycles. The molecule has 1 aliphatic carbocycles. The first-order chi connectivity index (χ1) is 14.1. The van der Waals surface area contributed by atoms with E-state index in [9.17, 15) is 9.59 Å². The molecule has 3 nitrogen and oxygen atoms in total. The minimum Gasteiger partial charge on any atom is -0.340 e. The summed E-state index contributed by atoms with van der Waals surface area (Å²) in [5.41, 5.74) is 5.51. The average molecular weight is 377 g/mol. The van der Waals surface area contributed by atoms with Gasteiger partial charge in [-0.3, -0.25) is 9.59 Å². The molecule has 0 fully saturated rings. The third-order valence-electron chi connectivity index (χ3n) is 5.66. The van der Waals surface area contributed by atoms with Crippen molar-refractivity contribution in [3.05, 3.63) is 112 Å². The van der Waals surface area contributed by atoms with Gasteiger partial charge in [0.05, 0.1) is 5.57 Å². The number of hydrogen-bond acceptors (Lipinski definition) is 2. The minimum atomic E-state index is -0.190. The monoisotopic (exact) mass is 377 g/mol. The van der Waals surface area contributed by atoms with Crippen LogP contribution in [0.15, 0.2) is 84.4 Å². The number of ketones is 2. The van der Waals surface area contributed by atoms with Gasteiger partial charge in [0.15, 0.2) is 11.6 Å². The lowest BCUT2D eigenvalue weighted by atomic mass is 10.0. The van der Waals surface area contributed by atoms with E-state index in [1.807, 2.05) is 43.3 Å². The maximum atomic E-state index is 12.9. The number of fused-ring (bicyclic) bond motifs is 2. The Hall–Kier alpha value is -3.72. The van der Waals surface area contributed by atoms with Gasteiger partial charge in [0, 0.05) is 39.8 Å². The van der Waals surface area contributed by atoms with Crippen molar-refractivity contribution >= 4 is 28.5 Å². The molecular weight excluding hydrogens is 358 g/mol. The SMILES string of the molecule is Cc1c(C=C2C(=O)c3ccccc3C2=O)c2ccccc2n1Cc1ccccc1. The Morgan fingerprint density at radius 3 is 2.03 bits per heavy atom. The van der Waals surface area contributed by atoms with E-state index in [0.717, 1.165) is 28.7 Å². The molecule has 0 atom stereocenters. The summed E-state index contributed by atoms with van der Waals surface area (Å²) in [6, 6.07) is 25.5. The van der Waals surface area contributed by atoms with Crippen molar-refractivity contribution in [3.8, 4) is 0 Å². The molecule has 3 heteroatoms. The normalized spacial score (nSPS) is 13.2. The van der Waals surface area contributed by atoms with Gasteiger partial charge in [0.2, 0.25) is 0 Å². The predicted octanol–water partition coefficient (Wildman–Crippen LogP) is 5.46. The molecule has 1 aromatic heterocycles. The number of carbonyl (C=O) groups is 2. The van der Waals surface area contributed by atoms with Crippen LogP contribution in [0.25, 0.3) is 17.0 Å². The molecule has 0 unspecified atom stereocenters. The minimum absolute atomic E-state index is 0.190. The Morgan fingerprint density at radius 2 is 1.34 bits per heavy atom. The first kappa shape index (κ1) is 17.4. The highest BCUT2D eigenvalue weighted by Gasteiger charge is 2.33. The number of aromatic nitrogens is 1. The Bertz CT molecular complexity index is 1270. The van der Waals surface area contributed by atoms with Crippen LogP contribution in [0, 0.1) is 6.92 Å². The van der Waals surface area contributed by atoms with Crippen LogP contribution in [-0.2, 0) is 6.54 Å². The Labute approximate surface area is 168 Å². The van der Waals surface area contributed by atoms with E-state index in [-0.39, 0.29) is 17.1 Å². The highest BCUT2D eigenvalue weighted by molar-refractivity contribution is 6.41. The third-order valence-corrected chi connectivity index (χ3v) is 5.66. The van der Waals surface area contributed by atoms with Crippen molar-refractivity contribution in [2.45, 2.75) is 13.5 Å². The molecule has 3 aromatic carbocycles. The molecule has 0 amide bonds. The summed E-state index contributed by atoms with van der Waals surface area (Å²) in [6.07, 6.45) is 1.78. The maximum Gasteiger partial charge on any atom is 0.197 e. The molecule has 0 saturated heterocycles. The van der Waals surface area contributed by atoms with Crippen LogP contribution in [0.5, 0.6) is 0 Å². The van der Waals surface area contributed by atoms with Gasteiger partial charge < -0.3 is 4.57 Å². The molecule has 0 spiro atoms. The van der Waals surface area contributed by atoms with Crippen LogP contribution < -0.4 is 0 Å². The van der Waals surface area contributed by atoms with Gasteiger partial charge in [0.1, 0.15) is 0 Å². The fourth-order valence-corrected chi connectivity index (χ4v) is 4.16. The van der Waals surface area contributed by atoms with E-state index in [2.05, 4.69) is 22.8 Å². The van der Waals surface area contributed by atoms with Gasteiger partial charge in [-0.2, -0.15) is 0 Å². The topological polar surface area (TPSA) is 39.1 Å². The second-order valence-electron chi connectivity index (χ2n) is 7.35. The lowest BCUT2D eigenvalue weighted by Gasteiger charge is -2.08. The summed E-state index contributed by atoms with van der Waals surface area (Å²) in [7, 11) is 0. The zero-order valence-corrected chi connectivity index (χ0v) is 16.1. The van der Waals surface area contributed by atoms with E-state index < -0.39 is 0 Å². The van der Waals surface area contributed by atoms with E-state index in [1.54, 1.807) is 30.3 Å². The lowest BCUT2D eigenvalue weighted by Crippen LogP contribution is -2.03. The van der Waals surface area contributed by atoms with Gasteiger partial charge in [-0.1, -0.05) is 72.8 Å². The zero-order chi connectivity index (χ0) is 20.0. The maximum absolute atomic E-state index is 12.9. The van der Waals surface area contributed by atoms with Crippen molar-refractivity contribution in [2.24, 2.45) is 0 Å².